The van der Waals surface area contributed by atoms with Gasteiger partial charge in [-0.25, -0.2) is 9.97 Å². The average molecular weight is 284 g/mol. The first-order valence-electron chi connectivity index (χ1n) is 6.94. The van der Waals surface area contributed by atoms with Crippen LogP contribution in [-0.2, 0) is 0 Å². The van der Waals surface area contributed by atoms with Crippen molar-refractivity contribution in [1.29, 1.82) is 0 Å². The maximum absolute atomic E-state index is 6.02. The van der Waals surface area contributed by atoms with Gasteiger partial charge in [-0.2, -0.15) is 0 Å². The Balaban J connectivity index is 1.90. The van der Waals surface area contributed by atoms with Crippen LogP contribution in [0.2, 0.25) is 0 Å². The highest BCUT2D eigenvalue weighted by molar-refractivity contribution is 6.07. The zero-order valence-electron chi connectivity index (χ0n) is 12.0. The van der Waals surface area contributed by atoms with Gasteiger partial charge in [0.2, 0.25) is 0 Å². The summed E-state index contributed by atoms with van der Waals surface area (Å²) < 4.78 is 11.4. The van der Waals surface area contributed by atoms with Gasteiger partial charge in [-0.1, -0.05) is 6.07 Å². The Morgan fingerprint density at radius 3 is 2.90 bits per heavy atom. The number of nitrogens with zero attached hydrogens (tertiary/aromatic N) is 3. The van der Waals surface area contributed by atoms with E-state index in [2.05, 4.69) is 20.2 Å². The number of ether oxygens (including phenoxy) is 1. The SMILES string of the molecule is CNC1CN(c2ncnc3c2oc2c(OC)cccc23)C1. The number of methoxy groups -OCH3 is 1. The fourth-order valence-corrected chi connectivity index (χ4v) is 2.78. The van der Waals surface area contributed by atoms with Crippen molar-refractivity contribution in [2.75, 3.05) is 32.1 Å². The highest BCUT2D eigenvalue weighted by Crippen LogP contribution is 2.37. The lowest BCUT2D eigenvalue weighted by Crippen LogP contribution is -2.57. The number of furan rings is 1. The second kappa shape index (κ2) is 4.60. The third kappa shape index (κ3) is 1.76. The maximum Gasteiger partial charge on any atom is 0.196 e. The Bertz CT molecular complexity index is 808. The number of para-hydroxylation sites is 1. The van der Waals surface area contributed by atoms with E-state index in [4.69, 9.17) is 9.15 Å². The minimum atomic E-state index is 0.508. The molecule has 1 aliphatic heterocycles. The molecule has 108 valence electrons. The van der Waals surface area contributed by atoms with E-state index < -0.39 is 0 Å². The van der Waals surface area contributed by atoms with Gasteiger partial charge in [-0.05, 0) is 19.2 Å². The van der Waals surface area contributed by atoms with E-state index in [9.17, 15) is 0 Å². The second-order valence-electron chi connectivity index (χ2n) is 5.20. The van der Waals surface area contributed by atoms with Gasteiger partial charge in [0.05, 0.1) is 12.5 Å². The highest BCUT2D eigenvalue weighted by atomic mass is 16.5. The molecule has 0 radical (unpaired) electrons. The zero-order chi connectivity index (χ0) is 14.4. The van der Waals surface area contributed by atoms with Crippen LogP contribution in [0.25, 0.3) is 22.1 Å². The summed E-state index contributed by atoms with van der Waals surface area (Å²) in [6.07, 6.45) is 1.60. The van der Waals surface area contributed by atoms with Gasteiger partial charge in [0.1, 0.15) is 11.8 Å². The molecule has 1 fully saturated rings. The van der Waals surface area contributed by atoms with Crippen molar-refractivity contribution in [3.63, 3.8) is 0 Å². The number of hydrogen-bond acceptors (Lipinski definition) is 6. The zero-order valence-corrected chi connectivity index (χ0v) is 12.0. The van der Waals surface area contributed by atoms with E-state index in [1.807, 2.05) is 25.2 Å². The van der Waals surface area contributed by atoms with E-state index in [1.54, 1.807) is 13.4 Å². The number of hydrogen-bond donors (Lipinski definition) is 1. The minimum absolute atomic E-state index is 0.508. The third-order valence-electron chi connectivity index (χ3n) is 4.03. The fourth-order valence-electron chi connectivity index (χ4n) is 2.78. The molecule has 0 bridgehead atoms. The van der Waals surface area contributed by atoms with E-state index >= 15 is 0 Å². The van der Waals surface area contributed by atoms with Crippen LogP contribution in [0.3, 0.4) is 0 Å². The van der Waals surface area contributed by atoms with Gasteiger partial charge < -0.3 is 19.4 Å². The summed E-state index contributed by atoms with van der Waals surface area (Å²) in [5.74, 6) is 1.57. The molecule has 1 saturated heterocycles. The number of nitrogens with one attached hydrogen (secondary N) is 1. The lowest BCUT2D eigenvalue weighted by atomic mass is 10.1. The van der Waals surface area contributed by atoms with Gasteiger partial charge in [-0.15, -0.1) is 0 Å². The number of fused-ring (bicyclic) bond motifs is 3. The average Bonchev–Trinajstić information content (AvgIpc) is 2.85. The predicted molar refractivity (Wildman–Crippen MR) is 80.9 cm³/mol. The number of anilines is 1. The summed E-state index contributed by atoms with van der Waals surface area (Å²) in [5, 5.41) is 4.22. The first-order valence-corrected chi connectivity index (χ1v) is 6.94. The molecule has 0 saturated carbocycles. The first kappa shape index (κ1) is 12.4. The molecule has 4 rings (SSSR count). The van der Waals surface area contributed by atoms with Crippen LogP contribution in [0.4, 0.5) is 5.82 Å². The maximum atomic E-state index is 6.02. The van der Waals surface area contributed by atoms with Gasteiger partial charge in [0, 0.05) is 19.1 Å². The van der Waals surface area contributed by atoms with E-state index in [0.717, 1.165) is 41.0 Å². The van der Waals surface area contributed by atoms with E-state index in [1.165, 1.54) is 0 Å². The van der Waals surface area contributed by atoms with Crippen LogP contribution in [0.5, 0.6) is 5.75 Å². The van der Waals surface area contributed by atoms with Gasteiger partial charge in [0.25, 0.3) is 0 Å². The van der Waals surface area contributed by atoms with Crippen LogP contribution in [0.1, 0.15) is 0 Å². The molecule has 0 spiro atoms. The second-order valence-corrected chi connectivity index (χ2v) is 5.20. The topological polar surface area (TPSA) is 63.4 Å². The third-order valence-corrected chi connectivity index (χ3v) is 4.03. The number of aromatic nitrogens is 2. The van der Waals surface area contributed by atoms with Crippen molar-refractivity contribution < 1.29 is 9.15 Å². The van der Waals surface area contributed by atoms with E-state index in [-0.39, 0.29) is 0 Å². The Hall–Kier alpha value is -2.34. The Morgan fingerprint density at radius 1 is 1.29 bits per heavy atom. The number of benzene rings is 1. The van der Waals surface area contributed by atoms with Crippen molar-refractivity contribution in [3.05, 3.63) is 24.5 Å². The van der Waals surface area contributed by atoms with E-state index in [0.29, 0.717) is 11.8 Å². The molecule has 0 unspecified atom stereocenters. The van der Waals surface area contributed by atoms with Crippen LogP contribution >= 0.6 is 0 Å². The molecule has 3 heterocycles. The van der Waals surface area contributed by atoms with Crippen molar-refractivity contribution in [3.8, 4) is 5.75 Å². The van der Waals surface area contributed by atoms with Gasteiger partial charge in [-0.3, -0.25) is 0 Å². The van der Waals surface area contributed by atoms with Crippen LogP contribution < -0.4 is 15.0 Å². The van der Waals surface area contributed by atoms with Crippen molar-refractivity contribution in [2.24, 2.45) is 0 Å². The normalized spacial score (nSPS) is 15.6. The smallest absolute Gasteiger partial charge is 0.196 e. The molecule has 0 atom stereocenters. The lowest BCUT2D eigenvalue weighted by Gasteiger charge is -2.39. The molecule has 21 heavy (non-hydrogen) atoms. The summed E-state index contributed by atoms with van der Waals surface area (Å²) in [7, 11) is 3.62. The highest BCUT2D eigenvalue weighted by Gasteiger charge is 2.29. The molecular weight excluding hydrogens is 268 g/mol. The molecule has 6 nitrogen and oxygen atoms in total. The summed E-state index contributed by atoms with van der Waals surface area (Å²) in [6, 6.07) is 6.33. The quantitative estimate of drug-likeness (QED) is 0.791. The standard InChI is InChI=1S/C15H16N4O2/c1-16-9-6-19(7-9)15-14-12(17-8-18-15)10-4-3-5-11(20-2)13(10)21-14/h3-5,8-9,16H,6-7H2,1-2H3. The summed E-state index contributed by atoms with van der Waals surface area (Å²) in [4.78, 5) is 11.0. The first-order chi connectivity index (χ1) is 10.3. The molecule has 3 aromatic rings. The predicted octanol–water partition coefficient (Wildman–Crippen LogP) is 1.79. The molecule has 6 heteroatoms. The minimum Gasteiger partial charge on any atom is -0.493 e. The summed E-state index contributed by atoms with van der Waals surface area (Å²) in [6.45, 7) is 1.85. The van der Waals surface area contributed by atoms with Crippen molar-refractivity contribution in [1.82, 2.24) is 15.3 Å². The molecule has 1 aliphatic rings. The Labute approximate surface area is 121 Å². The largest absolute Gasteiger partial charge is 0.493 e. The fraction of sp³-hybridized carbons (Fsp3) is 0.333. The van der Waals surface area contributed by atoms with Crippen LogP contribution in [-0.4, -0.2) is 43.3 Å². The van der Waals surface area contributed by atoms with Crippen molar-refractivity contribution in [2.45, 2.75) is 6.04 Å². The molecule has 0 aliphatic carbocycles. The number of rotatable bonds is 3. The molecule has 0 amide bonds. The number of likely N-dealkylation sites (N-methyl/N-ethyl adjacent to an activating group) is 1. The monoisotopic (exact) mass is 284 g/mol. The molecular formula is C15H16N4O2. The van der Waals surface area contributed by atoms with Crippen LogP contribution in [0, 0.1) is 0 Å². The molecule has 2 aromatic heterocycles. The molecule has 1 N–H and O–H groups in total. The van der Waals surface area contributed by atoms with Crippen LogP contribution in [0.15, 0.2) is 28.9 Å². The van der Waals surface area contributed by atoms with Gasteiger partial charge >= 0.3 is 0 Å². The van der Waals surface area contributed by atoms with Gasteiger partial charge in [0.15, 0.2) is 22.7 Å². The Kier molecular flexibility index (Phi) is 2.71. The van der Waals surface area contributed by atoms with Crippen molar-refractivity contribution >= 4 is 27.9 Å². The Morgan fingerprint density at radius 2 is 2.14 bits per heavy atom. The summed E-state index contributed by atoms with van der Waals surface area (Å²) >= 11 is 0. The molecule has 1 aromatic carbocycles. The summed E-state index contributed by atoms with van der Waals surface area (Å²) in [5.41, 5.74) is 2.29. The lowest BCUT2D eigenvalue weighted by molar-refractivity contribution is 0.411.